The third kappa shape index (κ3) is 9.73. The van der Waals surface area contributed by atoms with Crippen molar-refractivity contribution in [2.45, 2.75) is 25.3 Å². The topological polar surface area (TPSA) is 130 Å². The van der Waals surface area contributed by atoms with Gasteiger partial charge in [0.2, 0.25) is 5.91 Å². The maximum atomic E-state index is 11.2. The summed E-state index contributed by atoms with van der Waals surface area (Å²) in [5.41, 5.74) is 10.6. The molecule has 0 saturated carbocycles. The van der Waals surface area contributed by atoms with Gasteiger partial charge in [0.05, 0.1) is 6.54 Å². The third-order valence-electron chi connectivity index (χ3n) is 2.19. The first kappa shape index (κ1) is 15.8. The van der Waals surface area contributed by atoms with Crippen molar-refractivity contribution in [2.75, 3.05) is 26.2 Å². The zero-order valence-electron chi connectivity index (χ0n) is 9.95. The lowest BCUT2D eigenvalue weighted by Gasteiger charge is -2.07. The Hall–Kier alpha value is -1.18. The molecule has 17 heavy (non-hydrogen) atoms. The Kier molecular flexibility index (Phi) is 9.31. The number of hydrogen-bond acceptors (Lipinski definition) is 5. The Morgan fingerprint density at radius 3 is 2.53 bits per heavy atom. The van der Waals surface area contributed by atoms with Crippen LogP contribution in [0.5, 0.6) is 0 Å². The number of nitrogens with one attached hydrogen (secondary N) is 2. The highest BCUT2D eigenvalue weighted by Crippen LogP contribution is 1.97. The van der Waals surface area contributed by atoms with Gasteiger partial charge in [0.1, 0.15) is 6.04 Å². The molecule has 0 aromatic carbocycles. The smallest absolute Gasteiger partial charge is 0.320 e. The predicted molar refractivity (Wildman–Crippen MR) is 64.4 cm³/mol. The fourth-order valence-corrected chi connectivity index (χ4v) is 1.21. The molecule has 0 unspecified atom stereocenters. The van der Waals surface area contributed by atoms with E-state index in [1.54, 1.807) is 0 Å². The zero-order chi connectivity index (χ0) is 13.1. The van der Waals surface area contributed by atoms with Crippen LogP contribution in [0.3, 0.4) is 0 Å². The molecular formula is C10H22N4O3. The van der Waals surface area contributed by atoms with E-state index in [1.165, 1.54) is 0 Å². The number of carbonyl (C=O) groups is 2. The van der Waals surface area contributed by atoms with E-state index in [-0.39, 0.29) is 12.5 Å². The van der Waals surface area contributed by atoms with Gasteiger partial charge in [0, 0.05) is 19.6 Å². The molecule has 0 aliphatic heterocycles. The van der Waals surface area contributed by atoms with Gasteiger partial charge in [-0.2, -0.15) is 0 Å². The number of hydrogen-bond donors (Lipinski definition) is 5. The normalized spacial score (nSPS) is 12.1. The van der Waals surface area contributed by atoms with Crippen LogP contribution in [-0.4, -0.2) is 49.2 Å². The van der Waals surface area contributed by atoms with Crippen LogP contribution in [0.15, 0.2) is 0 Å². The molecule has 0 radical (unpaired) electrons. The molecule has 0 fully saturated rings. The zero-order valence-corrected chi connectivity index (χ0v) is 9.95. The standard InChI is InChI=1S/C10H22N4O3/c11-4-6-13-7-9(15)14-5-2-1-3-8(12)10(16)17/h8,13H,1-7,11-12H2,(H,14,15)(H,16,17)/t8-/m0/s1. The molecule has 0 spiro atoms. The molecule has 7 heteroatoms. The Labute approximate surface area is 101 Å². The third-order valence-corrected chi connectivity index (χ3v) is 2.19. The van der Waals surface area contributed by atoms with Crippen LogP contribution in [0, 0.1) is 0 Å². The highest BCUT2D eigenvalue weighted by atomic mass is 16.4. The van der Waals surface area contributed by atoms with E-state index in [2.05, 4.69) is 10.6 Å². The van der Waals surface area contributed by atoms with E-state index in [0.717, 1.165) is 6.42 Å². The van der Waals surface area contributed by atoms with Crippen LogP contribution in [-0.2, 0) is 9.59 Å². The van der Waals surface area contributed by atoms with Crippen LogP contribution in [0.2, 0.25) is 0 Å². The van der Waals surface area contributed by atoms with Gasteiger partial charge in [0.15, 0.2) is 0 Å². The molecule has 7 nitrogen and oxygen atoms in total. The number of aliphatic carboxylic acids is 1. The number of nitrogens with two attached hydrogens (primary N) is 2. The summed E-state index contributed by atoms with van der Waals surface area (Å²) in [5.74, 6) is -1.07. The quantitative estimate of drug-likeness (QED) is 0.290. The molecule has 0 aromatic heterocycles. The monoisotopic (exact) mass is 246 g/mol. The molecule has 0 saturated heterocycles. The van der Waals surface area contributed by atoms with Gasteiger partial charge in [0.25, 0.3) is 0 Å². The van der Waals surface area contributed by atoms with Crippen LogP contribution >= 0.6 is 0 Å². The summed E-state index contributed by atoms with van der Waals surface area (Å²) in [6, 6.07) is -0.808. The first-order chi connectivity index (χ1) is 8.07. The minimum absolute atomic E-state index is 0.0824. The molecule has 0 bridgehead atoms. The second kappa shape index (κ2) is 10.0. The van der Waals surface area contributed by atoms with Crippen molar-refractivity contribution in [1.82, 2.24) is 10.6 Å². The van der Waals surface area contributed by atoms with E-state index in [0.29, 0.717) is 32.5 Å². The number of amides is 1. The summed E-state index contributed by atoms with van der Waals surface area (Å²) in [6.45, 7) is 1.91. The first-order valence-corrected chi connectivity index (χ1v) is 5.73. The number of carboxylic acid groups (broad SMARTS) is 1. The highest BCUT2D eigenvalue weighted by molar-refractivity contribution is 5.77. The maximum absolute atomic E-state index is 11.2. The van der Waals surface area contributed by atoms with Crippen molar-refractivity contribution in [2.24, 2.45) is 11.5 Å². The molecule has 0 aromatic rings. The summed E-state index contributed by atoms with van der Waals surface area (Å²) in [7, 11) is 0. The lowest BCUT2D eigenvalue weighted by Crippen LogP contribution is -2.36. The Bertz CT molecular complexity index is 236. The van der Waals surface area contributed by atoms with Gasteiger partial charge in [-0.25, -0.2) is 0 Å². The number of carboxylic acids is 1. The molecule has 0 heterocycles. The van der Waals surface area contributed by atoms with Crippen molar-refractivity contribution in [3.05, 3.63) is 0 Å². The molecular weight excluding hydrogens is 224 g/mol. The van der Waals surface area contributed by atoms with Crippen LogP contribution in [0.1, 0.15) is 19.3 Å². The van der Waals surface area contributed by atoms with Crippen molar-refractivity contribution in [3.63, 3.8) is 0 Å². The van der Waals surface area contributed by atoms with Gasteiger partial charge in [-0.15, -0.1) is 0 Å². The minimum atomic E-state index is -0.986. The highest BCUT2D eigenvalue weighted by Gasteiger charge is 2.09. The van der Waals surface area contributed by atoms with Crippen molar-refractivity contribution < 1.29 is 14.7 Å². The number of rotatable bonds is 10. The molecule has 0 aliphatic carbocycles. The van der Waals surface area contributed by atoms with E-state index in [9.17, 15) is 9.59 Å². The second-order valence-electron chi connectivity index (χ2n) is 3.76. The Morgan fingerprint density at radius 2 is 1.94 bits per heavy atom. The van der Waals surface area contributed by atoms with E-state index < -0.39 is 12.0 Å². The fraction of sp³-hybridized carbons (Fsp3) is 0.800. The minimum Gasteiger partial charge on any atom is -0.480 e. The summed E-state index contributed by atoms with van der Waals surface area (Å²) in [6.07, 6.45) is 1.84. The molecule has 0 aliphatic rings. The van der Waals surface area contributed by atoms with Gasteiger partial charge < -0.3 is 27.2 Å². The average molecular weight is 246 g/mol. The molecule has 1 amide bonds. The second-order valence-corrected chi connectivity index (χ2v) is 3.76. The van der Waals surface area contributed by atoms with Crippen LogP contribution < -0.4 is 22.1 Å². The summed E-state index contributed by atoms with van der Waals surface area (Å²) in [5, 5.41) is 14.1. The SMILES string of the molecule is NCCNCC(=O)NCCCC[C@H](N)C(=O)O. The van der Waals surface area contributed by atoms with Gasteiger partial charge in [-0.05, 0) is 19.3 Å². The number of carbonyl (C=O) groups excluding carboxylic acids is 1. The summed E-state index contributed by atoms with van der Waals surface area (Å²) >= 11 is 0. The van der Waals surface area contributed by atoms with Gasteiger partial charge >= 0.3 is 5.97 Å². The van der Waals surface area contributed by atoms with Gasteiger partial charge in [-0.3, -0.25) is 9.59 Å². The lowest BCUT2D eigenvalue weighted by atomic mass is 10.1. The molecule has 0 rings (SSSR count). The first-order valence-electron chi connectivity index (χ1n) is 5.73. The molecule has 7 N–H and O–H groups in total. The van der Waals surface area contributed by atoms with Crippen LogP contribution in [0.25, 0.3) is 0 Å². The van der Waals surface area contributed by atoms with Crippen molar-refractivity contribution in [3.8, 4) is 0 Å². The fourth-order valence-electron chi connectivity index (χ4n) is 1.21. The van der Waals surface area contributed by atoms with Gasteiger partial charge in [-0.1, -0.05) is 0 Å². The van der Waals surface area contributed by atoms with E-state index >= 15 is 0 Å². The largest absolute Gasteiger partial charge is 0.480 e. The Morgan fingerprint density at radius 1 is 1.24 bits per heavy atom. The van der Waals surface area contributed by atoms with Crippen molar-refractivity contribution >= 4 is 11.9 Å². The van der Waals surface area contributed by atoms with E-state index in [4.69, 9.17) is 16.6 Å². The lowest BCUT2D eigenvalue weighted by molar-refractivity contribution is -0.138. The Balaban J connectivity index is 3.33. The predicted octanol–water partition coefficient (Wildman–Crippen LogP) is -1.77. The van der Waals surface area contributed by atoms with E-state index in [1.807, 2.05) is 0 Å². The maximum Gasteiger partial charge on any atom is 0.320 e. The summed E-state index contributed by atoms with van der Waals surface area (Å²) in [4.78, 5) is 21.6. The number of unbranched alkanes of at least 4 members (excludes halogenated alkanes) is 1. The molecule has 1 atom stereocenters. The molecule has 100 valence electrons. The summed E-state index contributed by atoms with van der Waals surface area (Å²) < 4.78 is 0. The average Bonchev–Trinajstić information content (AvgIpc) is 2.28. The van der Waals surface area contributed by atoms with Crippen LogP contribution in [0.4, 0.5) is 0 Å². The van der Waals surface area contributed by atoms with Crippen molar-refractivity contribution in [1.29, 1.82) is 0 Å².